The van der Waals surface area contributed by atoms with E-state index in [0.29, 0.717) is 0 Å². The molecule has 0 N–H and O–H groups in total. The average Bonchev–Trinajstić information content (AvgIpc) is 3.90. The molecule has 0 fully saturated rings. The van der Waals surface area contributed by atoms with E-state index >= 15 is 0 Å². The predicted molar refractivity (Wildman–Crippen MR) is 291 cm³/mol. The molecule has 324 valence electrons. The van der Waals surface area contributed by atoms with Gasteiger partial charge in [0.25, 0.3) is 0 Å². The molecular weight excluding hydrogens is 841 g/mol. The molecule has 2 spiro atoms. The van der Waals surface area contributed by atoms with Crippen LogP contribution < -0.4 is 0 Å². The zero-order valence-corrected chi connectivity index (χ0v) is 38.4. The number of hydrogen-bond acceptors (Lipinski definition) is 0. The summed E-state index contributed by atoms with van der Waals surface area (Å²) < 4.78 is 0. The van der Waals surface area contributed by atoms with Gasteiger partial charge in [-0.2, -0.15) is 0 Å². The lowest BCUT2D eigenvalue weighted by Crippen LogP contribution is -2.43. The van der Waals surface area contributed by atoms with Crippen LogP contribution in [0.3, 0.4) is 0 Å². The minimum absolute atomic E-state index is 0.539. The third-order valence-corrected chi connectivity index (χ3v) is 16.2. The highest BCUT2D eigenvalue weighted by Gasteiger charge is 2.59. The van der Waals surface area contributed by atoms with E-state index in [1.54, 1.807) is 0 Å². The lowest BCUT2D eigenvalue weighted by Gasteiger charge is -2.49. The van der Waals surface area contributed by atoms with Gasteiger partial charge in [-0.1, -0.05) is 261 Å². The van der Waals surface area contributed by atoms with Gasteiger partial charge in [-0.3, -0.25) is 0 Å². The molecule has 0 nitrogen and oxygen atoms in total. The first-order valence-corrected chi connectivity index (χ1v) is 24.6. The smallest absolute Gasteiger partial charge is 0.0622 e. The van der Waals surface area contributed by atoms with Crippen molar-refractivity contribution < 1.29 is 0 Å². The van der Waals surface area contributed by atoms with Crippen LogP contribution in [-0.2, 0) is 10.8 Å². The minimum Gasteiger partial charge on any atom is -0.0622 e. The summed E-state index contributed by atoms with van der Waals surface area (Å²) in [6, 6.07) is 101. The molecule has 0 heterocycles. The van der Waals surface area contributed by atoms with Crippen LogP contribution in [0.4, 0.5) is 0 Å². The maximum atomic E-state index is 2.62. The topological polar surface area (TPSA) is 0 Å². The summed E-state index contributed by atoms with van der Waals surface area (Å²) in [5.74, 6) is 0. The van der Waals surface area contributed by atoms with E-state index in [2.05, 4.69) is 267 Å². The van der Waals surface area contributed by atoms with Crippen LogP contribution in [0.5, 0.6) is 0 Å². The first kappa shape index (κ1) is 39.2. The standard InChI is InChI=1S/C70H44/c1-2-22-45(23-3-1)47-24-4-5-25-48(47)49-26-6-7-31-54(49)68-57-34-10-8-32-55(57)67(56-33-9-11-35-58(56)68)46-42-43-65-66(44-46)70(61-38-18-14-29-52(61)53-30-15-19-39-62(53)70)64-41-21-20-40-63(64)69(65)59-36-16-12-27-50(59)51-28-13-17-37-60(51)69/h1-44H. The summed E-state index contributed by atoms with van der Waals surface area (Å²) in [4.78, 5) is 0. The van der Waals surface area contributed by atoms with Gasteiger partial charge < -0.3 is 0 Å². The molecule has 0 amide bonds. The molecule has 3 aliphatic carbocycles. The van der Waals surface area contributed by atoms with Gasteiger partial charge in [-0.05, 0) is 139 Å². The van der Waals surface area contributed by atoms with Crippen molar-refractivity contribution in [2.45, 2.75) is 10.8 Å². The Balaban J connectivity index is 1.06. The maximum Gasteiger partial charge on any atom is 0.0720 e. The number of rotatable bonds is 4. The Bertz CT molecular complexity index is 3980. The molecule has 0 heteroatoms. The van der Waals surface area contributed by atoms with Gasteiger partial charge in [0, 0.05) is 0 Å². The van der Waals surface area contributed by atoms with E-state index < -0.39 is 10.8 Å². The summed E-state index contributed by atoms with van der Waals surface area (Å²) in [5, 5.41) is 4.97. The lowest BCUT2D eigenvalue weighted by molar-refractivity contribution is 0.633. The molecule has 3 aliphatic rings. The molecule has 0 radical (unpaired) electrons. The van der Waals surface area contributed by atoms with E-state index in [-0.39, 0.29) is 0 Å². The summed E-state index contributed by atoms with van der Waals surface area (Å²) in [6.07, 6.45) is 0. The van der Waals surface area contributed by atoms with E-state index in [9.17, 15) is 0 Å². The summed E-state index contributed by atoms with van der Waals surface area (Å²) in [5.41, 5.74) is 24.7. The van der Waals surface area contributed by atoms with Crippen LogP contribution in [0.2, 0.25) is 0 Å². The van der Waals surface area contributed by atoms with Crippen LogP contribution in [0.1, 0.15) is 44.5 Å². The second kappa shape index (κ2) is 14.8. The first-order chi connectivity index (χ1) is 34.8. The Labute approximate surface area is 408 Å². The molecule has 12 aromatic rings. The Morgan fingerprint density at radius 3 is 0.957 bits per heavy atom. The molecule has 0 saturated heterocycles. The van der Waals surface area contributed by atoms with E-state index in [1.807, 2.05) is 0 Å². The van der Waals surface area contributed by atoms with Crippen molar-refractivity contribution >= 4 is 21.5 Å². The van der Waals surface area contributed by atoms with Crippen LogP contribution in [0.25, 0.3) is 88.3 Å². The lowest BCUT2D eigenvalue weighted by atomic mass is 9.52. The third kappa shape index (κ3) is 5.05. The van der Waals surface area contributed by atoms with Crippen LogP contribution in [0.15, 0.2) is 267 Å². The molecule has 0 aromatic heterocycles. The second-order valence-electron chi connectivity index (χ2n) is 19.3. The van der Waals surface area contributed by atoms with E-state index in [4.69, 9.17) is 0 Å². The predicted octanol–water partition coefficient (Wildman–Crippen LogP) is 17.7. The van der Waals surface area contributed by atoms with Gasteiger partial charge in [0.2, 0.25) is 0 Å². The Morgan fingerprint density at radius 2 is 0.486 bits per heavy atom. The van der Waals surface area contributed by atoms with Gasteiger partial charge in [0.15, 0.2) is 0 Å². The van der Waals surface area contributed by atoms with E-state index in [1.165, 1.54) is 133 Å². The van der Waals surface area contributed by atoms with Gasteiger partial charge in [0.05, 0.1) is 10.8 Å². The number of hydrogen-bond donors (Lipinski definition) is 0. The SMILES string of the molecule is c1ccc(-c2ccccc2-c2ccccc2-c2c3ccccc3c(-c3ccc4c(c3)C3(c5ccccc5-c5ccccc53)c3ccccc3C43c4ccccc4-c4ccccc43)c3ccccc23)cc1. The minimum atomic E-state index is -0.580. The van der Waals surface area contributed by atoms with Gasteiger partial charge in [0.1, 0.15) is 0 Å². The maximum absolute atomic E-state index is 2.62. The third-order valence-electron chi connectivity index (χ3n) is 16.2. The quantitative estimate of drug-likeness (QED) is 0.155. The highest BCUT2D eigenvalue weighted by molar-refractivity contribution is 6.22. The van der Waals surface area contributed by atoms with Crippen LogP contribution >= 0.6 is 0 Å². The van der Waals surface area contributed by atoms with Crippen molar-refractivity contribution in [3.63, 3.8) is 0 Å². The molecule has 0 saturated carbocycles. The Hall–Kier alpha value is -8.84. The Kier molecular flexibility index (Phi) is 8.30. The van der Waals surface area contributed by atoms with Crippen molar-refractivity contribution in [3.8, 4) is 66.8 Å². The fourth-order valence-corrected chi connectivity index (χ4v) is 13.6. The van der Waals surface area contributed by atoms with Crippen molar-refractivity contribution in [2.75, 3.05) is 0 Å². The average molecular weight is 885 g/mol. The first-order valence-electron chi connectivity index (χ1n) is 24.6. The molecule has 70 heavy (non-hydrogen) atoms. The largest absolute Gasteiger partial charge is 0.0720 e. The van der Waals surface area contributed by atoms with Crippen molar-refractivity contribution in [1.29, 1.82) is 0 Å². The Morgan fingerprint density at radius 1 is 0.171 bits per heavy atom. The fraction of sp³-hybridized carbons (Fsp3) is 0.0286. The monoisotopic (exact) mass is 884 g/mol. The van der Waals surface area contributed by atoms with Crippen molar-refractivity contribution in [3.05, 3.63) is 311 Å². The molecular formula is C70H44. The van der Waals surface area contributed by atoms with Gasteiger partial charge >= 0.3 is 0 Å². The van der Waals surface area contributed by atoms with Crippen LogP contribution in [-0.4, -0.2) is 0 Å². The van der Waals surface area contributed by atoms with Crippen molar-refractivity contribution in [2.24, 2.45) is 0 Å². The second-order valence-corrected chi connectivity index (χ2v) is 19.3. The fourth-order valence-electron chi connectivity index (χ4n) is 13.6. The summed E-state index contributed by atoms with van der Waals surface area (Å²) in [7, 11) is 0. The van der Waals surface area contributed by atoms with Gasteiger partial charge in [-0.15, -0.1) is 0 Å². The van der Waals surface area contributed by atoms with E-state index in [0.717, 1.165) is 0 Å². The number of fused-ring (bicyclic) bond motifs is 18. The van der Waals surface area contributed by atoms with Crippen LogP contribution in [0, 0.1) is 0 Å². The summed E-state index contributed by atoms with van der Waals surface area (Å²) in [6.45, 7) is 0. The van der Waals surface area contributed by atoms with Gasteiger partial charge in [-0.25, -0.2) is 0 Å². The zero-order chi connectivity index (χ0) is 46.0. The summed E-state index contributed by atoms with van der Waals surface area (Å²) >= 11 is 0. The highest BCUT2D eigenvalue weighted by atomic mass is 14.6. The molecule has 0 bridgehead atoms. The molecule has 0 unspecified atom stereocenters. The molecule has 0 atom stereocenters. The number of benzene rings is 12. The molecule has 0 aliphatic heterocycles. The van der Waals surface area contributed by atoms with Crippen molar-refractivity contribution in [1.82, 2.24) is 0 Å². The molecule has 12 aromatic carbocycles. The zero-order valence-electron chi connectivity index (χ0n) is 38.4. The highest BCUT2D eigenvalue weighted by Crippen LogP contribution is 2.68. The normalized spacial score (nSPS) is 13.9. The molecule has 15 rings (SSSR count).